The highest BCUT2D eigenvalue weighted by atomic mass is 16.7. The van der Waals surface area contributed by atoms with Crippen LogP contribution in [0.5, 0.6) is 11.5 Å². The van der Waals surface area contributed by atoms with Gasteiger partial charge in [-0.3, -0.25) is 14.8 Å². The zero-order valence-corrected chi connectivity index (χ0v) is 17.3. The fraction of sp³-hybridized carbons (Fsp3) is 0.500. The number of benzene rings is 1. The van der Waals surface area contributed by atoms with Crippen LogP contribution in [0.25, 0.3) is 23.0 Å². The number of aromatic nitrogens is 4. The van der Waals surface area contributed by atoms with Crippen molar-refractivity contribution in [3.8, 4) is 34.5 Å². The van der Waals surface area contributed by atoms with Gasteiger partial charge in [-0.1, -0.05) is 0 Å². The molecule has 164 valence electrons. The molecule has 0 saturated heterocycles. The molecule has 32 heavy (non-hydrogen) atoms. The molecule has 4 aliphatic carbocycles. The number of nitrogens with zero attached hydrogens (tertiary/aromatic N) is 5. The van der Waals surface area contributed by atoms with E-state index in [2.05, 4.69) is 10.2 Å². The molecule has 4 bridgehead atoms. The van der Waals surface area contributed by atoms with Gasteiger partial charge in [-0.15, -0.1) is 10.2 Å². The van der Waals surface area contributed by atoms with E-state index in [9.17, 15) is 10.1 Å². The highest BCUT2D eigenvalue weighted by Gasteiger charge is 2.53. The smallest absolute Gasteiger partial charge is 0.320 e. The van der Waals surface area contributed by atoms with Crippen LogP contribution in [0.1, 0.15) is 38.5 Å². The molecule has 2 aromatic heterocycles. The Morgan fingerprint density at radius 1 is 1.00 bits per heavy atom. The summed E-state index contributed by atoms with van der Waals surface area (Å²) in [5.41, 5.74) is 0.556. The Kier molecular flexibility index (Phi) is 3.58. The Balaban J connectivity index is 1.27. The van der Waals surface area contributed by atoms with Crippen LogP contribution >= 0.6 is 0 Å². The maximum absolute atomic E-state index is 11.9. The predicted octanol–water partition coefficient (Wildman–Crippen LogP) is 4.16. The van der Waals surface area contributed by atoms with Crippen molar-refractivity contribution in [3.05, 3.63) is 34.5 Å². The van der Waals surface area contributed by atoms with Gasteiger partial charge in [0.15, 0.2) is 11.5 Å². The van der Waals surface area contributed by atoms with E-state index in [0.717, 1.165) is 19.3 Å². The second-order valence-corrected chi connectivity index (χ2v) is 9.69. The summed E-state index contributed by atoms with van der Waals surface area (Å²) in [6.45, 7) is 0.168. The zero-order valence-electron chi connectivity index (χ0n) is 17.3. The molecule has 1 aliphatic heterocycles. The molecular formula is C22H21N5O5. The van der Waals surface area contributed by atoms with Crippen LogP contribution in [-0.2, 0) is 5.54 Å². The Labute approximate surface area is 182 Å². The van der Waals surface area contributed by atoms with Crippen LogP contribution in [0.15, 0.2) is 28.8 Å². The molecule has 0 spiro atoms. The largest absolute Gasteiger partial charge is 0.454 e. The van der Waals surface area contributed by atoms with Crippen molar-refractivity contribution in [2.45, 2.75) is 44.1 Å². The van der Waals surface area contributed by atoms with Gasteiger partial charge in [-0.05, 0) is 74.5 Å². The van der Waals surface area contributed by atoms with Gasteiger partial charge >= 0.3 is 5.69 Å². The highest BCUT2D eigenvalue weighted by Crippen LogP contribution is 2.59. The third-order valence-corrected chi connectivity index (χ3v) is 7.63. The summed E-state index contributed by atoms with van der Waals surface area (Å²) in [5, 5.41) is 24.8. The molecule has 3 heterocycles. The minimum absolute atomic E-state index is 0.0489. The van der Waals surface area contributed by atoms with Crippen molar-refractivity contribution in [1.29, 1.82) is 0 Å². The third kappa shape index (κ3) is 2.61. The van der Waals surface area contributed by atoms with E-state index in [1.165, 1.54) is 19.3 Å². The van der Waals surface area contributed by atoms with Crippen molar-refractivity contribution >= 4 is 5.69 Å². The van der Waals surface area contributed by atoms with E-state index in [1.54, 1.807) is 24.4 Å². The lowest BCUT2D eigenvalue weighted by molar-refractivity contribution is -0.384. The van der Waals surface area contributed by atoms with Gasteiger partial charge in [-0.2, -0.15) is 5.10 Å². The predicted molar refractivity (Wildman–Crippen MR) is 110 cm³/mol. The SMILES string of the molecule is O=[N+]([O-])c1cn(C23CC4CC(CC(C4)C2)C3)nc1-c1nnc(-c2ccc3c(c2)OCO3)o1. The number of nitro groups is 1. The van der Waals surface area contributed by atoms with Gasteiger partial charge < -0.3 is 13.9 Å². The summed E-state index contributed by atoms with van der Waals surface area (Å²) in [6.07, 6.45) is 8.58. The van der Waals surface area contributed by atoms with E-state index >= 15 is 0 Å². The molecule has 0 radical (unpaired) electrons. The summed E-state index contributed by atoms with van der Waals surface area (Å²) in [4.78, 5) is 11.5. The molecule has 5 aliphatic rings. The quantitative estimate of drug-likeness (QED) is 0.443. The molecule has 10 heteroatoms. The van der Waals surface area contributed by atoms with Crippen molar-refractivity contribution < 1.29 is 18.8 Å². The van der Waals surface area contributed by atoms with E-state index < -0.39 is 4.92 Å². The lowest BCUT2D eigenvalue weighted by Gasteiger charge is -2.56. The van der Waals surface area contributed by atoms with Crippen molar-refractivity contribution in [3.63, 3.8) is 0 Å². The topological polar surface area (TPSA) is 118 Å². The van der Waals surface area contributed by atoms with Gasteiger partial charge in [-0.25, -0.2) is 0 Å². The average molecular weight is 435 g/mol. The molecule has 4 saturated carbocycles. The van der Waals surface area contributed by atoms with Crippen LogP contribution in [0.3, 0.4) is 0 Å². The number of hydrogen-bond acceptors (Lipinski definition) is 8. The summed E-state index contributed by atoms with van der Waals surface area (Å²) >= 11 is 0. The molecule has 0 N–H and O–H groups in total. The van der Waals surface area contributed by atoms with Crippen molar-refractivity contribution in [2.24, 2.45) is 17.8 Å². The second-order valence-electron chi connectivity index (χ2n) is 9.69. The molecule has 1 aromatic carbocycles. The molecular weight excluding hydrogens is 414 g/mol. The third-order valence-electron chi connectivity index (χ3n) is 7.63. The maximum Gasteiger partial charge on any atom is 0.320 e. The maximum atomic E-state index is 11.9. The van der Waals surface area contributed by atoms with E-state index in [-0.39, 0.29) is 35.5 Å². The first-order valence-corrected chi connectivity index (χ1v) is 11.0. The van der Waals surface area contributed by atoms with Crippen LogP contribution < -0.4 is 9.47 Å². The van der Waals surface area contributed by atoms with Crippen LogP contribution in [0.2, 0.25) is 0 Å². The molecule has 3 aromatic rings. The highest BCUT2D eigenvalue weighted by molar-refractivity contribution is 5.64. The monoisotopic (exact) mass is 435 g/mol. The minimum Gasteiger partial charge on any atom is -0.454 e. The fourth-order valence-corrected chi connectivity index (χ4v) is 6.70. The number of rotatable bonds is 4. The van der Waals surface area contributed by atoms with E-state index in [0.29, 0.717) is 34.8 Å². The second kappa shape index (κ2) is 6.30. The molecule has 0 atom stereocenters. The Morgan fingerprint density at radius 2 is 1.69 bits per heavy atom. The summed E-state index contributed by atoms with van der Waals surface area (Å²) in [6, 6.07) is 5.31. The number of ether oxygens (including phenoxy) is 2. The lowest BCUT2D eigenvalue weighted by Crippen LogP contribution is -2.52. The first kappa shape index (κ1) is 18.2. The van der Waals surface area contributed by atoms with Gasteiger partial charge in [0.2, 0.25) is 18.4 Å². The lowest BCUT2D eigenvalue weighted by atomic mass is 9.53. The molecule has 10 nitrogen and oxygen atoms in total. The number of fused-ring (bicyclic) bond motifs is 1. The minimum atomic E-state index is -0.413. The standard InChI is InChI=1S/C22H21N5O5/c28-27(29)16-10-26(22-7-12-3-13(8-22)5-14(4-12)9-22)25-19(16)21-24-23-20(32-21)15-1-2-17-18(6-15)31-11-30-17/h1-2,6,10,12-14H,3-5,7-9,11H2. The molecule has 4 fully saturated rings. The van der Waals surface area contributed by atoms with Crippen molar-refractivity contribution in [1.82, 2.24) is 20.0 Å². The van der Waals surface area contributed by atoms with Gasteiger partial charge in [0.05, 0.1) is 10.5 Å². The zero-order chi connectivity index (χ0) is 21.4. The molecule has 0 unspecified atom stereocenters. The van der Waals surface area contributed by atoms with Crippen molar-refractivity contribution in [2.75, 3.05) is 6.79 Å². The molecule has 0 amide bonds. The van der Waals surface area contributed by atoms with E-state index in [4.69, 9.17) is 19.0 Å². The van der Waals surface area contributed by atoms with Crippen LogP contribution in [-0.4, -0.2) is 31.7 Å². The first-order valence-electron chi connectivity index (χ1n) is 11.0. The van der Waals surface area contributed by atoms with Gasteiger partial charge in [0.1, 0.15) is 6.20 Å². The molecule has 8 rings (SSSR count). The van der Waals surface area contributed by atoms with E-state index in [1.807, 2.05) is 4.68 Å². The normalized spacial score (nSPS) is 29.6. The average Bonchev–Trinajstić information content (AvgIpc) is 3.50. The summed E-state index contributed by atoms with van der Waals surface area (Å²) < 4.78 is 18.4. The Morgan fingerprint density at radius 3 is 2.41 bits per heavy atom. The van der Waals surface area contributed by atoms with Crippen LogP contribution in [0, 0.1) is 27.9 Å². The first-order chi connectivity index (χ1) is 15.6. The van der Waals surface area contributed by atoms with Gasteiger partial charge in [0.25, 0.3) is 5.89 Å². The van der Waals surface area contributed by atoms with Crippen LogP contribution in [0.4, 0.5) is 5.69 Å². The summed E-state index contributed by atoms with van der Waals surface area (Å²) in [7, 11) is 0. The Bertz CT molecular complexity index is 1210. The summed E-state index contributed by atoms with van der Waals surface area (Å²) in [5.74, 6) is 3.65. The number of hydrogen-bond donors (Lipinski definition) is 0. The Hall–Kier alpha value is -3.43. The fourth-order valence-electron chi connectivity index (χ4n) is 6.70. The van der Waals surface area contributed by atoms with Gasteiger partial charge in [0, 0.05) is 5.56 Å².